The topological polar surface area (TPSA) is 35.5 Å². The summed E-state index contributed by atoms with van der Waals surface area (Å²) < 4.78 is 11.1. The zero-order chi connectivity index (χ0) is 16.8. The Morgan fingerprint density at radius 1 is 1.04 bits per heavy atom. The largest absolute Gasteiger partial charge is 0.497 e. The Hall–Kier alpha value is -1.10. The number of carbonyl (C=O) groups excluding carboxylic acids is 1. The van der Waals surface area contributed by atoms with Gasteiger partial charge < -0.3 is 9.26 Å². The molecular weight excluding hydrogens is 314 g/mol. The van der Waals surface area contributed by atoms with Crippen LogP contribution in [0.15, 0.2) is 42.5 Å². The number of ether oxygens (including phenoxy) is 1. The molecule has 0 fully saturated rings. The Bertz CT molecular complexity index is 651. The van der Waals surface area contributed by atoms with Gasteiger partial charge >= 0.3 is 0 Å². The molecular formula is C19H23LiO3P. The molecule has 0 bridgehead atoms. The number of hydrogen-bond acceptors (Lipinski definition) is 3. The zero-order valence-corrected chi connectivity index (χ0v) is 16.0. The first kappa shape index (κ1) is 20.9. The predicted molar refractivity (Wildman–Crippen MR) is 102 cm³/mol. The van der Waals surface area contributed by atoms with E-state index in [1.54, 1.807) is 7.11 Å². The summed E-state index contributed by atoms with van der Waals surface area (Å²) in [7, 11) is 0.289. The van der Waals surface area contributed by atoms with Crippen LogP contribution in [0.1, 0.15) is 34.8 Å². The fraction of sp³-hybridized carbons (Fsp3) is 0.316. The van der Waals surface area contributed by atoms with Crippen molar-refractivity contribution in [2.75, 3.05) is 13.7 Å². The van der Waals surface area contributed by atoms with E-state index in [4.69, 9.17) is 9.26 Å². The zero-order valence-electron chi connectivity index (χ0n) is 15.1. The molecule has 0 heterocycles. The molecule has 2 aromatic carbocycles. The summed E-state index contributed by atoms with van der Waals surface area (Å²) in [6.45, 7) is 6.57. The van der Waals surface area contributed by atoms with E-state index < -0.39 is 8.15 Å². The summed E-state index contributed by atoms with van der Waals surface area (Å²) in [6.07, 6.45) is 0.884. The van der Waals surface area contributed by atoms with Gasteiger partial charge in [0.05, 0.1) is 13.7 Å². The predicted octanol–water partition coefficient (Wildman–Crippen LogP) is 4.22. The van der Waals surface area contributed by atoms with Crippen molar-refractivity contribution in [2.45, 2.75) is 27.2 Å². The van der Waals surface area contributed by atoms with Gasteiger partial charge in [-0.2, -0.15) is 0 Å². The molecule has 5 heteroatoms. The second kappa shape index (κ2) is 10.0. The van der Waals surface area contributed by atoms with Crippen molar-refractivity contribution in [1.29, 1.82) is 0 Å². The molecule has 1 radical (unpaired) electrons. The van der Waals surface area contributed by atoms with E-state index in [1.165, 1.54) is 0 Å². The summed E-state index contributed by atoms with van der Waals surface area (Å²) in [5.74, 6) is 0.777. The monoisotopic (exact) mass is 337 g/mol. The van der Waals surface area contributed by atoms with E-state index >= 15 is 0 Å². The normalized spacial score (nSPS) is 11.5. The summed E-state index contributed by atoms with van der Waals surface area (Å²) in [5.41, 5.74) is 2.85. The van der Waals surface area contributed by atoms with E-state index in [9.17, 15) is 4.79 Å². The number of rotatable bonds is 7. The van der Waals surface area contributed by atoms with Crippen molar-refractivity contribution in [2.24, 2.45) is 0 Å². The molecule has 3 nitrogen and oxygen atoms in total. The average Bonchev–Trinajstić information content (AvgIpc) is 2.55. The Kier molecular flexibility index (Phi) is 8.74. The van der Waals surface area contributed by atoms with Crippen molar-refractivity contribution >= 4 is 37.8 Å². The van der Waals surface area contributed by atoms with Gasteiger partial charge in [-0.15, -0.1) is 0 Å². The fourth-order valence-electron chi connectivity index (χ4n) is 2.40. The van der Waals surface area contributed by atoms with Gasteiger partial charge in [0.15, 0.2) is 0 Å². The second-order valence-electron chi connectivity index (χ2n) is 5.40. The van der Waals surface area contributed by atoms with Crippen LogP contribution >= 0.6 is 8.15 Å². The van der Waals surface area contributed by atoms with Gasteiger partial charge in [-0.25, -0.2) is 0 Å². The molecule has 0 amide bonds. The molecule has 0 spiro atoms. The minimum absolute atomic E-state index is 0. The minimum Gasteiger partial charge on any atom is -0.497 e. The Balaban J connectivity index is 0.00000288. The minimum atomic E-state index is -1.34. The molecule has 0 N–H and O–H groups in total. The van der Waals surface area contributed by atoms with Gasteiger partial charge in [0, 0.05) is 29.7 Å². The van der Waals surface area contributed by atoms with Crippen LogP contribution in [0.3, 0.4) is 0 Å². The molecule has 2 aromatic rings. The van der Waals surface area contributed by atoms with Crippen LogP contribution in [0.5, 0.6) is 5.75 Å². The van der Waals surface area contributed by atoms with Crippen LogP contribution in [-0.2, 0) is 4.52 Å². The fourth-order valence-corrected chi connectivity index (χ4v) is 4.25. The summed E-state index contributed by atoms with van der Waals surface area (Å²) >= 11 is 0. The van der Waals surface area contributed by atoms with Crippen molar-refractivity contribution < 1.29 is 14.1 Å². The molecule has 0 aliphatic carbocycles. The van der Waals surface area contributed by atoms with Crippen LogP contribution in [-0.4, -0.2) is 38.1 Å². The number of aryl methyl sites for hydroxylation is 2. The van der Waals surface area contributed by atoms with Crippen molar-refractivity contribution in [3.63, 3.8) is 0 Å². The van der Waals surface area contributed by atoms with E-state index in [2.05, 4.69) is 0 Å². The van der Waals surface area contributed by atoms with Gasteiger partial charge in [0.1, 0.15) is 13.9 Å². The number of benzene rings is 2. The maximum Gasteiger partial charge on any atom is 0.216 e. The first-order valence-electron chi connectivity index (χ1n) is 7.76. The molecule has 0 aromatic heterocycles. The van der Waals surface area contributed by atoms with E-state index in [-0.39, 0.29) is 24.4 Å². The molecule has 0 saturated carbocycles. The quantitative estimate of drug-likeness (QED) is 0.560. The first-order valence-corrected chi connectivity index (χ1v) is 9.02. The average molecular weight is 337 g/mol. The maximum atomic E-state index is 13.1. The smallest absolute Gasteiger partial charge is 0.216 e. The van der Waals surface area contributed by atoms with E-state index in [0.717, 1.165) is 34.2 Å². The third-order valence-corrected chi connectivity index (χ3v) is 5.41. The van der Waals surface area contributed by atoms with Gasteiger partial charge in [0.2, 0.25) is 5.52 Å². The van der Waals surface area contributed by atoms with Gasteiger partial charge in [-0.1, -0.05) is 25.1 Å². The standard InChI is InChI=1S/C19H23O3P.Li/c1-5-13-22-23(17-11-9-16(21-4)10-12-17)19(20)18-14(2)7-6-8-15(18)3;/h6-12H,5,13H2,1-4H3;. The van der Waals surface area contributed by atoms with Crippen LogP contribution in [0.4, 0.5) is 0 Å². The second-order valence-corrected chi connectivity index (χ2v) is 7.17. The molecule has 0 aliphatic heterocycles. The Labute approximate surface area is 157 Å². The molecule has 0 aliphatic rings. The molecule has 24 heavy (non-hydrogen) atoms. The number of methoxy groups -OCH3 is 1. The van der Waals surface area contributed by atoms with Gasteiger partial charge in [0.25, 0.3) is 0 Å². The Morgan fingerprint density at radius 3 is 2.12 bits per heavy atom. The third-order valence-electron chi connectivity index (χ3n) is 3.61. The molecule has 0 saturated heterocycles. The van der Waals surface area contributed by atoms with Crippen LogP contribution in [0.25, 0.3) is 0 Å². The Morgan fingerprint density at radius 2 is 1.62 bits per heavy atom. The van der Waals surface area contributed by atoms with Crippen LogP contribution in [0, 0.1) is 13.8 Å². The number of hydrogen-bond donors (Lipinski definition) is 0. The summed E-state index contributed by atoms with van der Waals surface area (Å²) in [5, 5.41) is 0.918. The van der Waals surface area contributed by atoms with Crippen molar-refractivity contribution in [3.05, 3.63) is 59.2 Å². The van der Waals surface area contributed by atoms with E-state index in [0.29, 0.717) is 6.61 Å². The van der Waals surface area contributed by atoms with Crippen LogP contribution in [0.2, 0.25) is 0 Å². The summed E-state index contributed by atoms with van der Waals surface area (Å²) in [4.78, 5) is 13.1. The molecule has 1 unspecified atom stereocenters. The van der Waals surface area contributed by atoms with E-state index in [1.807, 2.05) is 63.2 Å². The van der Waals surface area contributed by atoms with Crippen molar-refractivity contribution in [1.82, 2.24) is 0 Å². The molecule has 1 atom stereocenters. The SMILES string of the molecule is CCCOP(C(=O)c1c(C)cccc1C)c1ccc(OC)cc1.[Li]. The van der Waals surface area contributed by atoms with Crippen LogP contribution < -0.4 is 10.0 Å². The summed E-state index contributed by atoms with van der Waals surface area (Å²) in [6, 6.07) is 13.5. The first-order chi connectivity index (χ1) is 11.1. The maximum absolute atomic E-state index is 13.1. The third kappa shape index (κ3) is 4.95. The van der Waals surface area contributed by atoms with Crippen molar-refractivity contribution in [3.8, 4) is 5.75 Å². The van der Waals surface area contributed by atoms with Gasteiger partial charge in [-0.05, 0) is 55.7 Å². The molecule has 2 rings (SSSR count). The molecule has 123 valence electrons. The van der Waals surface area contributed by atoms with Gasteiger partial charge in [-0.3, -0.25) is 4.79 Å². The number of carbonyl (C=O) groups is 1.